The quantitative estimate of drug-likeness (QED) is 0.925. The molecule has 0 heterocycles. The molecule has 0 aliphatic heterocycles. The van der Waals surface area contributed by atoms with E-state index in [-0.39, 0.29) is 16.0 Å². The molecule has 2 rings (SSSR count). The highest BCUT2D eigenvalue weighted by atomic mass is 32.2. The first-order valence-corrected chi connectivity index (χ1v) is 8.14. The normalized spacial score (nSPS) is 12.2. The summed E-state index contributed by atoms with van der Waals surface area (Å²) in [6.45, 7) is 0. The zero-order chi connectivity index (χ0) is 17.4. The van der Waals surface area contributed by atoms with Crippen molar-refractivity contribution in [2.24, 2.45) is 0 Å². The predicted octanol–water partition coefficient (Wildman–Crippen LogP) is 3.47. The second-order valence-electron chi connectivity index (χ2n) is 4.90. The van der Waals surface area contributed by atoms with E-state index < -0.39 is 33.1 Å². The summed E-state index contributed by atoms with van der Waals surface area (Å²) in [5, 5.41) is 8.95. The Kier molecular flexibility index (Phi) is 4.21. The van der Waals surface area contributed by atoms with E-state index in [0.717, 1.165) is 18.4 Å². The summed E-state index contributed by atoms with van der Waals surface area (Å²) in [4.78, 5) is 11.0. The SMILES string of the molecule is CS(=O)(=O)c1ccc(-c2cc(C(=O)O)cc(C(F)(F)F)c2)cc1. The first-order valence-electron chi connectivity index (χ1n) is 6.24. The number of carboxylic acid groups (broad SMARTS) is 1. The Labute approximate surface area is 130 Å². The van der Waals surface area contributed by atoms with Crippen molar-refractivity contribution in [3.8, 4) is 11.1 Å². The summed E-state index contributed by atoms with van der Waals surface area (Å²) in [5.74, 6) is -1.48. The second-order valence-corrected chi connectivity index (χ2v) is 6.91. The summed E-state index contributed by atoms with van der Waals surface area (Å²) in [7, 11) is -3.43. The largest absolute Gasteiger partial charge is 0.478 e. The first-order chi connectivity index (χ1) is 10.5. The van der Waals surface area contributed by atoms with Gasteiger partial charge in [-0.2, -0.15) is 13.2 Å². The molecule has 0 fully saturated rings. The van der Waals surface area contributed by atoms with Crippen LogP contribution in [-0.2, 0) is 16.0 Å². The van der Waals surface area contributed by atoms with Crippen molar-refractivity contribution in [3.63, 3.8) is 0 Å². The van der Waals surface area contributed by atoms with Gasteiger partial charge in [0.2, 0.25) is 0 Å². The number of aromatic carboxylic acids is 1. The Morgan fingerprint density at radius 3 is 2.00 bits per heavy atom. The number of halogens is 3. The Morgan fingerprint density at radius 1 is 1.00 bits per heavy atom. The smallest absolute Gasteiger partial charge is 0.416 e. The lowest BCUT2D eigenvalue weighted by Crippen LogP contribution is -2.08. The van der Waals surface area contributed by atoms with E-state index >= 15 is 0 Å². The summed E-state index contributed by atoms with van der Waals surface area (Å²) in [6.07, 6.45) is -3.68. The van der Waals surface area contributed by atoms with Crippen LogP contribution in [0.25, 0.3) is 11.1 Å². The molecule has 23 heavy (non-hydrogen) atoms. The van der Waals surface area contributed by atoms with Crippen LogP contribution in [0.2, 0.25) is 0 Å². The molecule has 122 valence electrons. The fraction of sp³-hybridized carbons (Fsp3) is 0.133. The average molecular weight is 344 g/mol. The monoisotopic (exact) mass is 344 g/mol. The van der Waals surface area contributed by atoms with Gasteiger partial charge < -0.3 is 5.11 Å². The molecule has 1 N–H and O–H groups in total. The van der Waals surface area contributed by atoms with Crippen molar-refractivity contribution in [3.05, 3.63) is 53.6 Å². The highest BCUT2D eigenvalue weighted by molar-refractivity contribution is 7.90. The maximum atomic E-state index is 12.9. The molecule has 0 aliphatic carbocycles. The van der Waals surface area contributed by atoms with Gasteiger partial charge in [0, 0.05) is 6.26 Å². The van der Waals surface area contributed by atoms with Crippen molar-refractivity contribution in [2.75, 3.05) is 6.26 Å². The van der Waals surface area contributed by atoms with Crippen LogP contribution < -0.4 is 0 Å². The fourth-order valence-electron chi connectivity index (χ4n) is 1.98. The second kappa shape index (κ2) is 5.69. The van der Waals surface area contributed by atoms with E-state index in [1.54, 1.807) is 0 Å². The predicted molar refractivity (Wildman–Crippen MR) is 76.9 cm³/mol. The number of carbonyl (C=O) groups is 1. The summed E-state index contributed by atoms with van der Waals surface area (Å²) in [5.41, 5.74) is -1.26. The highest BCUT2D eigenvalue weighted by Gasteiger charge is 2.32. The minimum absolute atomic E-state index is 0.0201. The lowest BCUT2D eigenvalue weighted by Gasteiger charge is -2.11. The van der Waals surface area contributed by atoms with Gasteiger partial charge in [0.05, 0.1) is 16.0 Å². The van der Waals surface area contributed by atoms with Gasteiger partial charge in [-0.25, -0.2) is 13.2 Å². The van der Waals surface area contributed by atoms with Gasteiger partial charge in [0.15, 0.2) is 9.84 Å². The van der Waals surface area contributed by atoms with Gasteiger partial charge >= 0.3 is 12.1 Å². The molecule has 0 spiro atoms. The van der Waals surface area contributed by atoms with Crippen molar-refractivity contribution in [2.45, 2.75) is 11.1 Å². The van der Waals surface area contributed by atoms with E-state index in [9.17, 15) is 26.4 Å². The molecule has 0 saturated heterocycles. The molecule has 0 bridgehead atoms. The number of hydrogen-bond donors (Lipinski definition) is 1. The van der Waals surface area contributed by atoms with Gasteiger partial charge in [-0.1, -0.05) is 12.1 Å². The van der Waals surface area contributed by atoms with E-state index in [2.05, 4.69) is 0 Å². The topological polar surface area (TPSA) is 71.4 Å². The third-order valence-corrected chi connectivity index (χ3v) is 4.25. The molecule has 0 amide bonds. The molecular formula is C15H11F3O4S. The number of hydrogen-bond acceptors (Lipinski definition) is 3. The molecule has 0 unspecified atom stereocenters. The van der Waals surface area contributed by atoms with Crippen molar-refractivity contribution < 1.29 is 31.5 Å². The number of alkyl halides is 3. The summed E-state index contributed by atoms with van der Waals surface area (Å²) in [6, 6.07) is 7.65. The van der Waals surface area contributed by atoms with Gasteiger partial charge in [-0.15, -0.1) is 0 Å². The van der Waals surface area contributed by atoms with Crippen molar-refractivity contribution in [1.29, 1.82) is 0 Å². The van der Waals surface area contributed by atoms with Gasteiger partial charge in [0.1, 0.15) is 0 Å². The average Bonchev–Trinajstić information content (AvgIpc) is 2.45. The van der Waals surface area contributed by atoms with E-state index in [4.69, 9.17) is 5.11 Å². The van der Waals surface area contributed by atoms with E-state index in [1.807, 2.05) is 0 Å². The number of benzene rings is 2. The fourth-order valence-corrected chi connectivity index (χ4v) is 2.61. The van der Waals surface area contributed by atoms with Crippen LogP contribution in [0.5, 0.6) is 0 Å². The number of carboxylic acids is 1. The number of rotatable bonds is 3. The maximum absolute atomic E-state index is 12.9. The van der Waals surface area contributed by atoms with E-state index in [0.29, 0.717) is 6.07 Å². The molecular weight excluding hydrogens is 333 g/mol. The van der Waals surface area contributed by atoms with Crippen LogP contribution in [0, 0.1) is 0 Å². The van der Waals surface area contributed by atoms with Gasteiger partial charge in [0.25, 0.3) is 0 Å². The van der Waals surface area contributed by atoms with Crippen LogP contribution in [0.15, 0.2) is 47.4 Å². The van der Waals surface area contributed by atoms with Crippen LogP contribution in [0.4, 0.5) is 13.2 Å². The van der Waals surface area contributed by atoms with Crippen molar-refractivity contribution in [1.82, 2.24) is 0 Å². The Bertz CT molecular complexity index is 853. The first kappa shape index (κ1) is 17.0. The van der Waals surface area contributed by atoms with E-state index in [1.165, 1.54) is 24.3 Å². The summed E-state index contributed by atoms with van der Waals surface area (Å²) >= 11 is 0. The van der Waals surface area contributed by atoms with Gasteiger partial charge in [-0.05, 0) is 41.5 Å². The van der Waals surface area contributed by atoms with Crippen LogP contribution in [0.1, 0.15) is 15.9 Å². The molecule has 2 aromatic rings. The summed E-state index contributed by atoms with van der Waals surface area (Å²) < 4.78 is 61.4. The van der Waals surface area contributed by atoms with Crippen LogP contribution in [-0.4, -0.2) is 25.7 Å². The Hall–Kier alpha value is -2.35. The molecule has 0 saturated carbocycles. The minimum atomic E-state index is -4.69. The zero-order valence-electron chi connectivity index (χ0n) is 11.8. The molecule has 8 heteroatoms. The van der Waals surface area contributed by atoms with Gasteiger partial charge in [-0.3, -0.25) is 0 Å². The molecule has 0 aromatic heterocycles. The number of sulfone groups is 1. The molecule has 4 nitrogen and oxygen atoms in total. The lowest BCUT2D eigenvalue weighted by molar-refractivity contribution is -0.137. The molecule has 0 atom stereocenters. The highest BCUT2D eigenvalue weighted by Crippen LogP contribution is 2.33. The minimum Gasteiger partial charge on any atom is -0.478 e. The Balaban J connectivity index is 2.58. The third-order valence-electron chi connectivity index (χ3n) is 3.12. The standard InChI is InChI=1S/C15H11F3O4S/c1-23(21,22)13-4-2-9(3-5-13)10-6-11(14(19)20)8-12(7-10)15(16,17)18/h2-8H,1H3,(H,19,20). The third kappa shape index (κ3) is 3.89. The molecule has 0 radical (unpaired) electrons. The lowest BCUT2D eigenvalue weighted by atomic mass is 9.99. The van der Waals surface area contributed by atoms with Crippen LogP contribution >= 0.6 is 0 Å². The maximum Gasteiger partial charge on any atom is 0.416 e. The zero-order valence-corrected chi connectivity index (χ0v) is 12.6. The van der Waals surface area contributed by atoms with Crippen molar-refractivity contribution >= 4 is 15.8 Å². The molecule has 0 aliphatic rings. The molecule has 2 aromatic carbocycles. The van der Waals surface area contributed by atoms with Crippen LogP contribution in [0.3, 0.4) is 0 Å². The Morgan fingerprint density at radius 2 is 1.57 bits per heavy atom.